The van der Waals surface area contributed by atoms with Crippen LogP contribution in [-0.2, 0) is 0 Å². The topological polar surface area (TPSA) is 51.1 Å². The molecule has 1 unspecified atom stereocenters. The normalized spacial score (nSPS) is 12.3. The lowest BCUT2D eigenvalue weighted by molar-refractivity contribution is 0.291. The standard InChI is InChI=1S/C12H21ClN4O/c1-5-8-18-12-15-10(13)14-11(16-12)17(7-3)9(4)6-2/h9H,5-8H2,1-4H3. The number of halogens is 1. The van der Waals surface area contributed by atoms with Gasteiger partial charge in [-0.1, -0.05) is 13.8 Å². The summed E-state index contributed by atoms with van der Waals surface area (Å²) in [7, 11) is 0. The molecule has 102 valence electrons. The fourth-order valence-corrected chi connectivity index (χ4v) is 1.73. The van der Waals surface area contributed by atoms with Crippen LogP contribution in [0, 0.1) is 0 Å². The van der Waals surface area contributed by atoms with Gasteiger partial charge in [0.2, 0.25) is 11.2 Å². The molecule has 1 aromatic rings. The third-order valence-corrected chi connectivity index (χ3v) is 2.90. The quantitative estimate of drug-likeness (QED) is 0.764. The summed E-state index contributed by atoms with van der Waals surface area (Å²) in [5.74, 6) is 0.581. The molecule has 0 aromatic carbocycles. The Morgan fingerprint density at radius 3 is 2.50 bits per heavy atom. The number of nitrogens with zero attached hydrogens (tertiary/aromatic N) is 4. The Hall–Kier alpha value is -1.10. The highest BCUT2D eigenvalue weighted by Gasteiger charge is 2.16. The summed E-state index contributed by atoms with van der Waals surface area (Å²) in [5.41, 5.74) is 0. The first-order valence-electron chi connectivity index (χ1n) is 6.43. The van der Waals surface area contributed by atoms with Crippen molar-refractivity contribution in [2.24, 2.45) is 0 Å². The van der Waals surface area contributed by atoms with Crippen molar-refractivity contribution in [2.45, 2.75) is 46.6 Å². The van der Waals surface area contributed by atoms with Gasteiger partial charge in [0.15, 0.2) is 0 Å². The van der Waals surface area contributed by atoms with E-state index in [-0.39, 0.29) is 5.28 Å². The van der Waals surface area contributed by atoms with Crippen LogP contribution in [0.25, 0.3) is 0 Å². The fraction of sp³-hybridized carbons (Fsp3) is 0.750. The van der Waals surface area contributed by atoms with Crippen molar-refractivity contribution in [1.29, 1.82) is 0 Å². The fourth-order valence-electron chi connectivity index (χ4n) is 1.58. The summed E-state index contributed by atoms with van der Waals surface area (Å²) in [6.45, 7) is 9.76. The Labute approximate surface area is 114 Å². The van der Waals surface area contributed by atoms with Gasteiger partial charge in [-0.25, -0.2) is 0 Å². The molecule has 1 rings (SSSR count). The molecule has 0 fully saturated rings. The van der Waals surface area contributed by atoms with E-state index in [1.54, 1.807) is 0 Å². The molecule has 0 N–H and O–H groups in total. The van der Waals surface area contributed by atoms with Gasteiger partial charge in [-0.05, 0) is 38.3 Å². The van der Waals surface area contributed by atoms with Crippen molar-refractivity contribution >= 4 is 17.5 Å². The van der Waals surface area contributed by atoms with Gasteiger partial charge in [-0.2, -0.15) is 15.0 Å². The van der Waals surface area contributed by atoms with Crippen LogP contribution in [0.15, 0.2) is 0 Å². The highest BCUT2D eigenvalue weighted by Crippen LogP contribution is 2.18. The van der Waals surface area contributed by atoms with Gasteiger partial charge in [-0.3, -0.25) is 0 Å². The zero-order chi connectivity index (χ0) is 13.5. The molecule has 6 heteroatoms. The second kappa shape index (κ2) is 7.36. The lowest BCUT2D eigenvalue weighted by Crippen LogP contribution is -2.34. The number of anilines is 1. The van der Waals surface area contributed by atoms with Crippen molar-refractivity contribution in [3.8, 4) is 6.01 Å². The van der Waals surface area contributed by atoms with E-state index in [1.165, 1.54) is 0 Å². The average molecular weight is 273 g/mol. The second-order valence-electron chi connectivity index (χ2n) is 4.08. The van der Waals surface area contributed by atoms with Gasteiger partial charge in [0.25, 0.3) is 0 Å². The predicted molar refractivity (Wildman–Crippen MR) is 73.4 cm³/mol. The molecule has 18 heavy (non-hydrogen) atoms. The first kappa shape index (κ1) is 15.0. The highest BCUT2D eigenvalue weighted by molar-refractivity contribution is 6.28. The van der Waals surface area contributed by atoms with Crippen molar-refractivity contribution in [3.63, 3.8) is 0 Å². The van der Waals surface area contributed by atoms with Crippen LogP contribution in [-0.4, -0.2) is 34.1 Å². The SMILES string of the molecule is CCCOc1nc(Cl)nc(N(CC)C(C)CC)n1. The summed E-state index contributed by atoms with van der Waals surface area (Å²) < 4.78 is 5.41. The molecule has 0 saturated heterocycles. The molecule has 0 aliphatic heterocycles. The molecule has 0 saturated carbocycles. The summed E-state index contributed by atoms with van der Waals surface area (Å²) in [6.07, 6.45) is 1.92. The zero-order valence-corrected chi connectivity index (χ0v) is 12.2. The predicted octanol–water partition coefficient (Wildman–Crippen LogP) is 2.94. The van der Waals surface area contributed by atoms with E-state index >= 15 is 0 Å². The molecule has 5 nitrogen and oxygen atoms in total. The molecule has 0 aliphatic rings. The molecule has 1 atom stereocenters. The first-order valence-corrected chi connectivity index (χ1v) is 6.81. The molecular weight excluding hydrogens is 252 g/mol. The minimum Gasteiger partial charge on any atom is -0.463 e. The van der Waals surface area contributed by atoms with Gasteiger partial charge in [-0.15, -0.1) is 0 Å². The van der Waals surface area contributed by atoms with E-state index in [0.717, 1.165) is 19.4 Å². The minimum atomic E-state index is 0.174. The Balaban J connectivity index is 2.95. The number of aromatic nitrogens is 3. The lowest BCUT2D eigenvalue weighted by atomic mass is 10.2. The Bertz CT molecular complexity index is 375. The van der Waals surface area contributed by atoms with Gasteiger partial charge < -0.3 is 9.64 Å². The van der Waals surface area contributed by atoms with E-state index < -0.39 is 0 Å². The van der Waals surface area contributed by atoms with Crippen LogP contribution in [0.3, 0.4) is 0 Å². The maximum Gasteiger partial charge on any atom is 0.322 e. The second-order valence-corrected chi connectivity index (χ2v) is 4.42. The third kappa shape index (κ3) is 3.98. The maximum absolute atomic E-state index is 5.91. The van der Waals surface area contributed by atoms with Gasteiger partial charge in [0.05, 0.1) is 6.61 Å². The summed E-state index contributed by atoms with van der Waals surface area (Å²) in [4.78, 5) is 14.5. The van der Waals surface area contributed by atoms with Crippen molar-refractivity contribution < 1.29 is 4.74 Å². The Morgan fingerprint density at radius 2 is 1.94 bits per heavy atom. The molecule has 0 spiro atoms. The summed E-state index contributed by atoms with van der Waals surface area (Å²) >= 11 is 5.91. The van der Waals surface area contributed by atoms with Crippen molar-refractivity contribution in [2.75, 3.05) is 18.1 Å². The van der Waals surface area contributed by atoms with E-state index in [1.807, 2.05) is 6.92 Å². The van der Waals surface area contributed by atoms with E-state index in [4.69, 9.17) is 16.3 Å². The Kier molecular flexibility index (Phi) is 6.12. The number of ether oxygens (including phenoxy) is 1. The summed E-state index contributed by atoms with van der Waals surface area (Å²) in [6, 6.07) is 0.654. The lowest BCUT2D eigenvalue weighted by Gasteiger charge is -2.27. The van der Waals surface area contributed by atoms with Crippen LogP contribution in [0.1, 0.15) is 40.5 Å². The van der Waals surface area contributed by atoms with Crippen molar-refractivity contribution in [3.05, 3.63) is 5.28 Å². The van der Waals surface area contributed by atoms with E-state index in [2.05, 4.69) is 40.6 Å². The van der Waals surface area contributed by atoms with Crippen LogP contribution in [0.5, 0.6) is 6.01 Å². The largest absolute Gasteiger partial charge is 0.463 e. The number of hydrogen-bond donors (Lipinski definition) is 0. The summed E-state index contributed by atoms with van der Waals surface area (Å²) in [5, 5.41) is 0.174. The zero-order valence-electron chi connectivity index (χ0n) is 11.5. The smallest absolute Gasteiger partial charge is 0.322 e. The van der Waals surface area contributed by atoms with Gasteiger partial charge in [0, 0.05) is 12.6 Å². The maximum atomic E-state index is 5.91. The molecule has 1 heterocycles. The molecule has 0 bridgehead atoms. The van der Waals surface area contributed by atoms with Gasteiger partial charge in [0.1, 0.15) is 0 Å². The monoisotopic (exact) mass is 272 g/mol. The molecule has 1 aromatic heterocycles. The number of hydrogen-bond acceptors (Lipinski definition) is 5. The Morgan fingerprint density at radius 1 is 1.22 bits per heavy atom. The van der Waals surface area contributed by atoms with Gasteiger partial charge >= 0.3 is 6.01 Å². The molecular formula is C12H21ClN4O. The molecule has 0 aliphatic carbocycles. The minimum absolute atomic E-state index is 0.174. The third-order valence-electron chi connectivity index (χ3n) is 2.73. The van der Waals surface area contributed by atoms with Crippen LogP contribution < -0.4 is 9.64 Å². The number of rotatable bonds is 7. The van der Waals surface area contributed by atoms with Crippen LogP contribution >= 0.6 is 11.6 Å². The van der Waals surface area contributed by atoms with Crippen molar-refractivity contribution in [1.82, 2.24) is 15.0 Å². The van der Waals surface area contributed by atoms with E-state index in [9.17, 15) is 0 Å². The van der Waals surface area contributed by atoms with Crippen LogP contribution in [0.4, 0.5) is 5.95 Å². The average Bonchev–Trinajstić information content (AvgIpc) is 2.36. The van der Waals surface area contributed by atoms with Crippen LogP contribution in [0.2, 0.25) is 5.28 Å². The molecule has 0 radical (unpaired) electrons. The first-order chi connectivity index (χ1) is 8.62. The molecule has 0 amide bonds. The highest BCUT2D eigenvalue weighted by atomic mass is 35.5. The van der Waals surface area contributed by atoms with E-state index in [0.29, 0.717) is 24.6 Å².